The van der Waals surface area contributed by atoms with E-state index in [2.05, 4.69) is 29.4 Å². The third-order valence-corrected chi connectivity index (χ3v) is 5.90. The second kappa shape index (κ2) is 11.6. The van der Waals surface area contributed by atoms with E-state index in [0.29, 0.717) is 16.9 Å². The summed E-state index contributed by atoms with van der Waals surface area (Å²) in [4.78, 5) is 38.5. The zero-order valence-corrected chi connectivity index (χ0v) is 20.6. The Balaban J connectivity index is 1.74. The maximum absolute atomic E-state index is 12.8. The molecule has 0 aromatic heterocycles. The molecular weight excluding hydrogens is 468 g/mol. The maximum Gasteiger partial charge on any atom is 0.282 e. The molecule has 8 nitrogen and oxygen atoms in total. The number of hydrogen-bond acceptors (Lipinski definition) is 5. The molecule has 9 heteroatoms. The number of hydrogen-bond donors (Lipinski definition) is 2. The van der Waals surface area contributed by atoms with Crippen LogP contribution >= 0.6 is 11.6 Å². The summed E-state index contributed by atoms with van der Waals surface area (Å²) in [6, 6.07) is 16.2. The summed E-state index contributed by atoms with van der Waals surface area (Å²) in [5, 5.41) is 17.0. The minimum Gasteiger partial charge on any atom is -0.322 e. The predicted molar refractivity (Wildman–Crippen MR) is 138 cm³/mol. The number of nitrogens with one attached hydrogen (secondary N) is 2. The lowest BCUT2D eigenvalue weighted by Gasteiger charge is -2.18. The SMILES string of the molecule is CCN(CC)Cc1ccc(C(=O)Nc2cc(NC(=O)c3cc(Cl)ccc3[N+](=O)[O-])ccc2C)cc1. The molecule has 0 saturated carbocycles. The average Bonchev–Trinajstić information content (AvgIpc) is 2.84. The molecule has 0 radical (unpaired) electrons. The van der Waals surface area contributed by atoms with Crippen LogP contribution in [-0.4, -0.2) is 34.7 Å². The molecule has 0 spiro atoms. The Bertz CT molecular complexity index is 1240. The van der Waals surface area contributed by atoms with Crippen LogP contribution < -0.4 is 10.6 Å². The van der Waals surface area contributed by atoms with Crippen LogP contribution in [0.5, 0.6) is 0 Å². The first-order valence-corrected chi connectivity index (χ1v) is 11.6. The molecule has 2 N–H and O–H groups in total. The van der Waals surface area contributed by atoms with Gasteiger partial charge in [0.1, 0.15) is 5.56 Å². The van der Waals surface area contributed by atoms with E-state index in [1.165, 1.54) is 18.2 Å². The van der Waals surface area contributed by atoms with Crippen molar-refractivity contribution in [2.45, 2.75) is 27.3 Å². The molecule has 3 aromatic carbocycles. The number of anilines is 2. The number of nitrogens with zero attached hydrogens (tertiary/aromatic N) is 2. The number of nitro groups is 1. The Kier molecular flexibility index (Phi) is 8.57. The fourth-order valence-electron chi connectivity index (χ4n) is 3.54. The quantitative estimate of drug-likeness (QED) is 0.284. The van der Waals surface area contributed by atoms with Crippen molar-refractivity contribution in [3.8, 4) is 0 Å². The molecule has 0 saturated heterocycles. The van der Waals surface area contributed by atoms with Gasteiger partial charge in [0.15, 0.2) is 0 Å². The van der Waals surface area contributed by atoms with Crippen LogP contribution in [0, 0.1) is 17.0 Å². The van der Waals surface area contributed by atoms with Crippen molar-refractivity contribution >= 4 is 40.5 Å². The van der Waals surface area contributed by atoms with Gasteiger partial charge in [-0.1, -0.05) is 43.6 Å². The highest BCUT2D eigenvalue weighted by atomic mass is 35.5. The first-order valence-electron chi connectivity index (χ1n) is 11.2. The molecule has 35 heavy (non-hydrogen) atoms. The summed E-state index contributed by atoms with van der Waals surface area (Å²) in [5.74, 6) is -0.958. The lowest BCUT2D eigenvalue weighted by atomic mass is 10.1. The van der Waals surface area contributed by atoms with Gasteiger partial charge in [0.25, 0.3) is 17.5 Å². The van der Waals surface area contributed by atoms with E-state index < -0.39 is 10.8 Å². The first-order chi connectivity index (χ1) is 16.7. The number of amides is 2. The van der Waals surface area contributed by atoms with Crippen LogP contribution in [0.1, 0.15) is 45.7 Å². The normalized spacial score (nSPS) is 10.8. The molecule has 3 rings (SSSR count). The van der Waals surface area contributed by atoms with Gasteiger partial charge in [0.05, 0.1) is 4.92 Å². The number of benzene rings is 3. The monoisotopic (exact) mass is 494 g/mol. The Hall–Kier alpha value is -3.75. The van der Waals surface area contributed by atoms with E-state index in [1.807, 2.05) is 19.1 Å². The van der Waals surface area contributed by atoms with Crippen molar-refractivity contribution < 1.29 is 14.5 Å². The minimum atomic E-state index is -0.677. The highest BCUT2D eigenvalue weighted by Crippen LogP contribution is 2.26. The predicted octanol–water partition coefficient (Wildman–Crippen LogP) is 5.90. The molecule has 0 bridgehead atoms. The summed E-state index contributed by atoms with van der Waals surface area (Å²) in [6.45, 7) is 8.78. The van der Waals surface area contributed by atoms with Crippen LogP contribution in [0.3, 0.4) is 0 Å². The highest BCUT2D eigenvalue weighted by molar-refractivity contribution is 6.31. The van der Waals surface area contributed by atoms with Gasteiger partial charge in [-0.3, -0.25) is 24.6 Å². The standard InChI is InChI=1S/C26H27ClN4O4/c1-4-30(5-2)16-18-7-9-19(10-8-18)25(32)29-23-15-21(12-6-17(23)3)28-26(33)22-14-20(27)11-13-24(22)31(34)35/h6-15H,4-5,16H2,1-3H3,(H,28,33)(H,29,32). The Labute approximate surface area is 209 Å². The van der Waals surface area contributed by atoms with Crippen LogP contribution in [0.15, 0.2) is 60.7 Å². The molecule has 182 valence electrons. The van der Waals surface area contributed by atoms with Gasteiger partial charge in [0, 0.05) is 34.6 Å². The van der Waals surface area contributed by atoms with Crippen LogP contribution in [0.2, 0.25) is 5.02 Å². The maximum atomic E-state index is 12.8. The second-order valence-electron chi connectivity index (χ2n) is 8.01. The third-order valence-electron chi connectivity index (χ3n) is 5.66. The summed E-state index contributed by atoms with van der Waals surface area (Å²) >= 11 is 5.93. The van der Waals surface area contributed by atoms with Crippen molar-refractivity contribution in [3.63, 3.8) is 0 Å². The van der Waals surface area contributed by atoms with Gasteiger partial charge in [-0.25, -0.2) is 0 Å². The topological polar surface area (TPSA) is 105 Å². The smallest absolute Gasteiger partial charge is 0.282 e. The summed E-state index contributed by atoms with van der Waals surface area (Å²) in [6.07, 6.45) is 0. The van der Waals surface area contributed by atoms with Gasteiger partial charge < -0.3 is 10.6 Å². The Morgan fingerprint density at radius 1 is 0.943 bits per heavy atom. The van der Waals surface area contributed by atoms with Crippen molar-refractivity contribution in [1.29, 1.82) is 0 Å². The van der Waals surface area contributed by atoms with Crippen LogP contribution in [0.25, 0.3) is 0 Å². The molecule has 0 fully saturated rings. The van der Waals surface area contributed by atoms with E-state index in [4.69, 9.17) is 11.6 Å². The van der Waals surface area contributed by atoms with Crippen molar-refractivity contribution in [2.75, 3.05) is 23.7 Å². The fourth-order valence-corrected chi connectivity index (χ4v) is 3.72. The van der Waals surface area contributed by atoms with Gasteiger partial charge >= 0.3 is 0 Å². The van der Waals surface area contributed by atoms with E-state index >= 15 is 0 Å². The number of rotatable bonds is 9. The number of halogens is 1. The molecule has 2 amide bonds. The highest BCUT2D eigenvalue weighted by Gasteiger charge is 2.21. The first kappa shape index (κ1) is 25.9. The molecule has 0 heterocycles. The van der Waals surface area contributed by atoms with Crippen LogP contribution in [-0.2, 0) is 6.54 Å². The number of carbonyl (C=O) groups excluding carboxylic acids is 2. The second-order valence-corrected chi connectivity index (χ2v) is 8.45. The van der Waals surface area contributed by atoms with E-state index in [1.54, 1.807) is 30.3 Å². The number of carbonyl (C=O) groups is 2. The Morgan fingerprint density at radius 2 is 1.63 bits per heavy atom. The zero-order chi connectivity index (χ0) is 25.5. The van der Waals surface area contributed by atoms with E-state index in [-0.39, 0.29) is 22.2 Å². The summed E-state index contributed by atoms with van der Waals surface area (Å²) in [7, 11) is 0. The Morgan fingerprint density at radius 3 is 2.26 bits per heavy atom. The van der Waals surface area contributed by atoms with Gasteiger partial charge in [-0.15, -0.1) is 0 Å². The number of nitro benzene ring substituents is 1. The molecule has 0 atom stereocenters. The van der Waals surface area contributed by atoms with Gasteiger partial charge in [0.2, 0.25) is 0 Å². The molecule has 3 aromatic rings. The minimum absolute atomic E-state index is 0.154. The third kappa shape index (κ3) is 6.65. The van der Waals surface area contributed by atoms with Crippen molar-refractivity contribution in [1.82, 2.24) is 4.90 Å². The van der Waals surface area contributed by atoms with Gasteiger partial charge in [-0.05, 0) is 67.5 Å². The lowest BCUT2D eigenvalue weighted by Crippen LogP contribution is -2.22. The zero-order valence-electron chi connectivity index (χ0n) is 19.8. The number of aryl methyl sites for hydroxylation is 1. The summed E-state index contributed by atoms with van der Waals surface area (Å²) < 4.78 is 0. The lowest BCUT2D eigenvalue weighted by molar-refractivity contribution is -0.385. The molecule has 0 aliphatic heterocycles. The van der Waals surface area contributed by atoms with Crippen molar-refractivity contribution in [3.05, 3.63) is 98.1 Å². The average molecular weight is 495 g/mol. The molecular formula is C26H27ClN4O4. The fraction of sp³-hybridized carbons (Fsp3) is 0.231. The van der Waals surface area contributed by atoms with Crippen LogP contribution in [0.4, 0.5) is 17.1 Å². The van der Waals surface area contributed by atoms with E-state index in [9.17, 15) is 19.7 Å². The van der Waals surface area contributed by atoms with Crippen molar-refractivity contribution in [2.24, 2.45) is 0 Å². The summed E-state index contributed by atoms with van der Waals surface area (Å²) in [5.41, 5.74) is 2.82. The largest absolute Gasteiger partial charge is 0.322 e. The van der Waals surface area contributed by atoms with Gasteiger partial charge in [-0.2, -0.15) is 0 Å². The molecule has 0 aliphatic carbocycles. The molecule has 0 unspecified atom stereocenters. The van der Waals surface area contributed by atoms with E-state index in [0.717, 1.165) is 30.8 Å². The molecule has 0 aliphatic rings.